The van der Waals surface area contributed by atoms with Gasteiger partial charge in [-0.2, -0.15) is 0 Å². The van der Waals surface area contributed by atoms with Gasteiger partial charge >= 0.3 is 0 Å². The number of thiophene rings is 1. The molecule has 0 amide bonds. The fourth-order valence-corrected chi connectivity index (χ4v) is 4.30. The molecule has 1 saturated carbocycles. The first kappa shape index (κ1) is 13.8. The summed E-state index contributed by atoms with van der Waals surface area (Å²) in [6.45, 7) is 3.16. The highest BCUT2D eigenvalue weighted by atomic mass is 79.9. The summed E-state index contributed by atoms with van der Waals surface area (Å²) in [7, 11) is 0. The van der Waals surface area contributed by atoms with Gasteiger partial charge in [0, 0.05) is 40.7 Å². The van der Waals surface area contributed by atoms with Crippen molar-refractivity contribution < 1.29 is 0 Å². The van der Waals surface area contributed by atoms with E-state index in [0.717, 1.165) is 25.7 Å². The van der Waals surface area contributed by atoms with E-state index < -0.39 is 0 Å². The summed E-state index contributed by atoms with van der Waals surface area (Å²) in [6, 6.07) is 9.74. The van der Waals surface area contributed by atoms with Crippen LogP contribution in [0.4, 0.5) is 5.69 Å². The Labute approximate surface area is 138 Å². The van der Waals surface area contributed by atoms with Crippen molar-refractivity contribution in [1.82, 2.24) is 5.32 Å². The Hall–Kier alpha value is -0.840. The third kappa shape index (κ3) is 3.03. The standard InChI is InChI=1S/C17H19BrN2S/c18-14-1-4-16(13(9-14)10-19-15-2-3-15)20-7-5-17-12(11-20)6-8-21-17/h1,4,6,8-9,15,19H,2-3,5,7,10-11H2. The molecule has 1 aliphatic heterocycles. The van der Waals surface area contributed by atoms with Crippen LogP contribution in [0.2, 0.25) is 0 Å². The van der Waals surface area contributed by atoms with Crippen LogP contribution < -0.4 is 10.2 Å². The van der Waals surface area contributed by atoms with E-state index in [0.29, 0.717) is 0 Å². The average molecular weight is 363 g/mol. The van der Waals surface area contributed by atoms with Gasteiger partial charge < -0.3 is 10.2 Å². The zero-order valence-electron chi connectivity index (χ0n) is 11.9. The first-order valence-corrected chi connectivity index (χ1v) is 9.29. The zero-order valence-corrected chi connectivity index (χ0v) is 14.3. The van der Waals surface area contributed by atoms with E-state index in [2.05, 4.69) is 55.8 Å². The second-order valence-corrected chi connectivity index (χ2v) is 7.89. The largest absolute Gasteiger partial charge is 0.367 e. The van der Waals surface area contributed by atoms with Crippen molar-refractivity contribution in [3.05, 3.63) is 50.1 Å². The number of halogens is 1. The molecule has 0 saturated heterocycles. The molecule has 1 aliphatic carbocycles. The molecule has 0 spiro atoms. The molecule has 0 bridgehead atoms. The molecule has 1 fully saturated rings. The van der Waals surface area contributed by atoms with Crippen LogP contribution in [-0.2, 0) is 19.5 Å². The van der Waals surface area contributed by atoms with Gasteiger partial charge in [0.2, 0.25) is 0 Å². The SMILES string of the molecule is Brc1ccc(N2CCc3sccc3C2)c(CNC2CC2)c1. The molecule has 4 rings (SSSR count). The van der Waals surface area contributed by atoms with E-state index in [-0.39, 0.29) is 0 Å². The Kier molecular flexibility index (Phi) is 3.78. The maximum absolute atomic E-state index is 3.65. The van der Waals surface area contributed by atoms with Crippen LogP contribution in [0, 0.1) is 0 Å². The molecule has 2 aliphatic rings. The fraction of sp³-hybridized carbons (Fsp3) is 0.412. The van der Waals surface area contributed by atoms with Crippen molar-refractivity contribution in [2.45, 2.75) is 38.4 Å². The van der Waals surface area contributed by atoms with Crippen molar-refractivity contribution in [2.24, 2.45) is 0 Å². The quantitative estimate of drug-likeness (QED) is 0.870. The predicted octanol–water partition coefficient (Wildman–Crippen LogP) is 4.33. The number of anilines is 1. The van der Waals surface area contributed by atoms with Crippen LogP contribution in [0.25, 0.3) is 0 Å². The molecule has 0 atom stereocenters. The lowest BCUT2D eigenvalue weighted by Crippen LogP contribution is -2.31. The molecule has 1 aromatic heterocycles. The Bertz CT molecular complexity index is 648. The van der Waals surface area contributed by atoms with Gasteiger partial charge in [-0.3, -0.25) is 0 Å². The van der Waals surface area contributed by atoms with Crippen molar-refractivity contribution in [1.29, 1.82) is 0 Å². The molecular weight excluding hydrogens is 344 g/mol. The topological polar surface area (TPSA) is 15.3 Å². The van der Waals surface area contributed by atoms with Crippen LogP contribution in [0.1, 0.15) is 28.8 Å². The van der Waals surface area contributed by atoms with E-state index in [9.17, 15) is 0 Å². The van der Waals surface area contributed by atoms with Gasteiger partial charge in [-0.15, -0.1) is 11.3 Å². The number of fused-ring (bicyclic) bond motifs is 1. The number of nitrogens with one attached hydrogen (secondary N) is 1. The smallest absolute Gasteiger partial charge is 0.0440 e. The molecule has 21 heavy (non-hydrogen) atoms. The molecule has 4 heteroatoms. The lowest BCUT2D eigenvalue weighted by atomic mass is 10.1. The van der Waals surface area contributed by atoms with Crippen molar-refractivity contribution in [2.75, 3.05) is 11.4 Å². The molecule has 1 aromatic carbocycles. The fourth-order valence-electron chi connectivity index (χ4n) is 3.00. The monoisotopic (exact) mass is 362 g/mol. The third-order valence-corrected chi connectivity index (χ3v) is 5.86. The number of hydrogen-bond donors (Lipinski definition) is 1. The molecule has 0 unspecified atom stereocenters. The Morgan fingerprint density at radius 1 is 1.29 bits per heavy atom. The number of hydrogen-bond acceptors (Lipinski definition) is 3. The lowest BCUT2D eigenvalue weighted by Gasteiger charge is -2.31. The molecule has 2 heterocycles. The minimum Gasteiger partial charge on any atom is -0.367 e. The molecule has 0 radical (unpaired) electrons. The first-order chi connectivity index (χ1) is 10.3. The summed E-state index contributed by atoms with van der Waals surface area (Å²) in [6.07, 6.45) is 3.86. The van der Waals surface area contributed by atoms with Gasteiger partial charge in [-0.1, -0.05) is 15.9 Å². The summed E-state index contributed by atoms with van der Waals surface area (Å²) >= 11 is 5.52. The second kappa shape index (κ2) is 5.75. The van der Waals surface area contributed by atoms with Crippen LogP contribution in [0.3, 0.4) is 0 Å². The van der Waals surface area contributed by atoms with Crippen LogP contribution >= 0.6 is 27.3 Å². The van der Waals surface area contributed by atoms with E-state index in [1.807, 2.05) is 11.3 Å². The van der Waals surface area contributed by atoms with Crippen molar-refractivity contribution >= 4 is 33.0 Å². The van der Waals surface area contributed by atoms with E-state index in [1.165, 1.54) is 40.5 Å². The van der Waals surface area contributed by atoms with Crippen LogP contribution in [-0.4, -0.2) is 12.6 Å². The maximum Gasteiger partial charge on any atom is 0.0440 e. The minimum atomic E-state index is 0.752. The highest BCUT2D eigenvalue weighted by Crippen LogP contribution is 2.32. The van der Waals surface area contributed by atoms with Gasteiger partial charge in [0.05, 0.1) is 0 Å². The van der Waals surface area contributed by atoms with Gasteiger partial charge in [0.15, 0.2) is 0 Å². The normalized spacial score (nSPS) is 17.9. The maximum atomic E-state index is 3.65. The number of rotatable bonds is 4. The van der Waals surface area contributed by atoms with E-state index in [1.54, 1.807) is 4.88 Å². The van der Waals surface area contributed by atoms with Gasteiger partial charge in [0.25, 0.3) is 0 Å². The van der Waals surface area contributed by atoms with Crippen LogP contribution in [0.5, 0.6) is 0 Å². The van der Waals surface area contributed by atoms with Crippen molar-refractivity contribution in [3.63, 3.8) is 0 Å². The van der Waals surface area contributed by atoms with Gasteiger partial charge in [-0.25, -0.2) is 0 Å². The first-order valence-electron chi connectivity index (χ1n) is 7.61. The number of nitrogens with zero attached hydrogens (tertiary/aromatic N) is 1. The second-order valence-electron chi connectivity index (χ2n) is 5.97. The molecule has 110 valence electrons. The predicted molar refractivity (Wildman–Crippen MR) is 93.1 cm³/mol. The third-order valence-electron chi connectivity index (χ3n) is 4.35. The summed E-state index contributed by atoms with van der Waals surface area (Å²) in [5.74, 6) is 0. The minimum absolute atomic E-state index is 0.752. The summed E-state index contributed by atoms with van der Waals surface area (Å²) in [4.78, 5) is 4.10. The van der Waals surface area contributed by atoms with Crippen molar-refractivity contribution in [3.8, 4) is 0 Å². The van der Waals surface area contributed by atoms with Gasteiger partial charge in [0.1, 0.15) is 0 Å². The van der Waals surface area contributed by atoms with Gasteiger partial charge in [-0.05, 0) is 60.0 Å². The molecular formula is C17H19BrN2S. The highest BCUT2D eigenvalue weighted by molar-refractivity contribution is 9.10. The molecule has 2 aromatic rings. The Balaban J connectivity index is 1.58. The Morgan fingerprint density at radius 2 is 2.19 bits per heavy atom. The Morgan fingerprint density at radius 3 is 3.05 bits per heavy atom. The number of benzene rings is 1. The summed E-state index contributed by atoms with van der Waals surface area (Å²) in [5.41, 5.74) is 4.31. The highest BCUT2D eigenvalue weighted by Gasteiger charge is 2.23. The van der Waals surface area contributed by atoms with E-state index >= 15 is 0 Å². The summed E-state index contributed by atoms with van der Waals surface area (Å²) in [5, 5.41) is 5.88. The average Bonchev–Trinajstić information content (AvgIpc) is 3.20. The van der Waals surface area contributed by atoms with E-state index in [4.69, 9.17) is 0 Å². The zero-order chi connectivity index (χ0) is 14.2. The molecule has 1 N–H and O–H groups in total. The summed E-state index contributed by atoms with van der Waals surface area (Å²) < 4.78 is 1.17. The molecule has 2 nitrogen and oxygen atoms in total. The lowest BCUT2D eigenvalue weighted by molar-refractivity contribution is 0.677. The van der Waals surface area contributed by atoms with Crippen LogP contribution in [0.15, 0.2) is 34.1 Å².